The van der Waals surface area contributed by atoms with Crippen LogP contribution in [0.5, 0.6) is 0 Å². The minimum absolute atomic E-state index is 0.111. The maximum Gasteiger partial charge on any atom is 0.240 e. The number of aliphatic hydroxyl groups is 1. The normalized spacial score (nSPS) is 16.3. The van der Waals surface area contributed by atoms with Gasteiger partial charge in [0, 0.05) is 50.0 Å². The van der Waals surface area contributed by atoms with E-state index < -0.39 is 28.0 Å². The number of carbonyl (C=O) groups excluding carboxylic acids is 1. The van der Waals surface area contributed by atoms with Crippen LogP contribution in [0.1, 0.15) is 49.7 Å². The minimum atomic E-state index is -3.86. The summed E-state index contributed by atoms with van der Waals surface area (Å²) in [7, 11) is -3.86. The highest BCUT2D eigenvalue weighted by Crippen LogP contribution is 2.35. The second-order valence-electron chi connectivity index (χ2n) is 11.3. The quantitative estimate of drug-likeness (QED) is 0.193. The van der Waals surface area contributed by atoms with E-state index in [1.165, 1.54) is 36.4 Å². The van der Waals surface area contributed by atoms with E-state index in [2.05, 4.69) is 15.4 Å². The maximum absolute atomic E-state index is 15.2. The van der Waals surface area contributed by atoms with E-state index >= 15 is 4.39 Å². The zero-order valence-electron chi connectivity index (χ0n) is 24.8. The second kappa shape index (κ2) is 16.2. The fraction of sp³-hybridized carbons (Fsp3) is 0.424. The lowest BCUT2D eigenvalue weighted by Gasteiger charge is -2.30. The van der Waals surface area contributed by atoms with Gasteiger partial charge in [0.25, 0.3) is 0 Å². The van der Waals surface area contributed by atoms with Crippen LogP contribution in [-0.2, 0) is 26.0 Å². The number of anilines is 1. The van der Waals surface area contributed by atoms with Crippen molar-refractivity contribution in [2.45, 2.75) is 62.0 Å². The van der Waals surface area contributed by atoms with Crippen LogP contribution in [0.25, 0.3) is 0 Å². The van der Waals surface area contributed by atoms with Gasteiger partial charge in [0.2, 0.25) is 15.9 Å². The number of sulfonamides is 1. The molecule has 1 heterocycles. The summed E-state index contributed by atoms with van der Waals surface area (Å²) < 4.78 is 63.1. The summed E-state index contributed by atoms with van der Waals surface area (Å²) in [5.74, 6) is -1.13. The third-order valence-electron chi connectivity index (χ3n) is 7.88. The first-order chi connectivity index (χ1) is 21.1. The fourth-order valence-electron chi connectivity index (χ4n) is 5.59. The minimum Gasteiger partial charge on any atom is -0.392 e. The second-order valence-corrected chi connectivity index (χ2v) is 13.0. The van der Waals surface area contributed by atoms with Crippen LogP contribution in [0.3, 0.4) is 0 Å². The number of hydrogen-bond donors (Lipinski definition) is 4. The molecule has 0 aromatic heterocycles. The summed E-state index contributed by atoms with van der Waals surface area (Å²) in [6.07, 6.45) is 1.43. The highest BCUT2D eigenvalue weighted by atomic mass is 32.2. The van der Waals surface area contributed by atoms with Gasteiger partial charge in [0.1, 0.15) is 11.6 Å². The molecule has 1 aliphatic rings. The number of nitrogens with one attached hydrogen (secondary N) is 3. The lowest BCUT2D eigenvalue weighted by Crippen LogP contribution is -2.43. The van der Waals surface area contributed by atoms with Crippen LogP contribution in [0.15, 0.2) is 77.7 Å². The molecule has 0 radical (unpaired) electrons. The van der Waals surface area contributed by atoms with E-state index in [0.29, 0.717) is 18.9 Å². The largest absolute Gasteiger partial charge is 0.392 e. The molecule has 1 aliphatic heterocycles. The van der Waals surface area contributed by atoms with E-state index in [4.69, 9.17) is 4.74 Å². The molecule has 1 amide bonds. The van der Waals surface area contributed by atoms with Crippen LogP contribution < -0.4 is 15.4 Å². The first-order valence-electron chi connectivity index (χ1n) is 15.0. The number of carbonyl (C=O) groups is 1. The molecule has 3 atom stereocenters. The molecule has 4 N–H and O–H groups in total. The number of aliphatic hydroxyl groups excluding tert-OH is 1. The van der Waals surface area contributed by atoms with Crippen molar-refractivity contribution in [2.24, 2.45) is 5.92 Å². The first-order valence-corrected chi connectivity index (χ1v) is 16.5. The van der Waals surface area contributed by atoms with Gasteiger partial charge in [-0.05, 0) is 86.4 Å². The van der Waals surface area contributed by atoms with Gasteiger partial charge in [0.05, 0.1) is 11.0 Å². The van der Waals surface area contributed by atoms with Gasteiger partial charge in [0.15, 0.2) is 0 Å². The van der Waals surface area contributed by atoms with E-state index in [1.54, 1.807) is 43.3 Å². The Kier molecular flexibility index (Phi) is 12.4. The fourth-order valence-corrected chi connectivity index (χ4v) is 6.88. The van der Waals surface area contributed by atoms with Crippen molar-refractivity contribution in [3.8, 4) is 0 Å². The summed E-state index contributed by atoms with van der Waals surface area (Å²) in [4.78, 5) is 13.5. The molecule has 3 aromatic rings. The molecule has 3 aromatic carbocycles. The number of rotatable bonds is 15. The molecule has 1 saturated heterocycles. The smallest absolute Gasteiger partial charge is 0.240 e. The van der Waals surface area contributed by atoms with Crippen molar-refractivity contribution >= 4 is 21.6 Å². The predicted molar refractivity (Wildman–Crippen MR) is 166 cm³/mol. The van der Waals surface area contributed by atoms with Crippen LogP contribution >= 0.6 is 0 Å². The Balaban J connectivity index is 1.48. The van der Waals surface area contributed by atoms with Crippen molar-refractivity contribution in [3.63, 3.8) is 0 Å². The molecule has 8 nitrogen and oxygen atoms in total. The molecule has 0 spiro atoms. The zero-order valence-corrected chi connectivity index (χ0v) is 25.7. The van der Waals surface area contributed by atoms with Crippen molar-refractivity contribution in [1.29, 1.82) is 0 Å². The van der Waals surface area contributed by atoms with Gasteiger partial charge in [-0.15, -0.1) is 0 Å². The Bertz CT molecular complexity index is 1450. The first kappa shape index (κ1) is 33.7. The SMILES string of the molecule is CC(O)CNC[C@H](CCc1c(F)cccc1NC(=O)CC(c1ccc(F)cc1)C1CCOCC1)NS(=O)(=O)c1ccccc1. The lowest BCUT2D eigenvalue weighted by atomic mass is 9.79. The third kappa shape index (κ3) is 9.90. The van der Waals surface area contributed by atoms with Crippen molar-refractivity contribution in [1.82, 2.24) is 10.0 Å². The van der Waals surface area contributed by atoms with Gasteiger partial charge in [-0.3, -0.25) is 4.79 Å². The Morgan fingerprint density at radius 3 is 2.36 bits per heavy atom. The third-order valence-corrected chi connectivity index (χ3v) is 9.42. The molecule has 1 fully saturated rings. The summed E-state index contributed by atoms with van der Waals surface area (Å²) in [5, 5.41) is 15.6. The molecule has 2 unspecified atom stereocenters. The Morgan fingerprint density at radius 1 is 0.977 bits per heavy atom. The average molecular weight is 630 g/mol. The molecule has 44 heavy (non-hydrogen) atoms. The number of hydrogen-bond acceptors (Lipinski definition) is 6. The van der Waals surface area contributed by atoms with Gasteiger partial charge in [-0.1, -0.05) is 36.4 Å². The van der Waals surface area contributed by atoms with E-state index in [-0.39, 0.29) is 66.4 Å². The van der Waals surface area contributed by atoms with Crippen molar-refractivity contribution in [2.75, 3.05) is 31.6 Å². The van der Waals surface area contributed by atoms with Crippen LogP contribution in [0.4, 0.5) is 14.5 Å². The molecule has 0 bridgehead atoms. The summed E-state index contributed by atoms with van der Waals surface area (Å²) >= 11 is 0. The van der Waals surface area contributed by atoms with Gasteiger partial charge >= 0.3 is 0 Å². The monoisotopic (exact) mass is 629 g/mol. The van der Waals surface area contributed by atoms with E-state index in [1.807, 2.05) is 0 Å². The highest BCUT2D eigenvalue weighted by Gasteiger charge is 2.28. The summed E-state index contributed by atoms with van der Waals surface area (Å²) in [5.41, 5.74) is 1.46. The van der Waals surface area contributed by atoms with Crippen LogP contribution in [-0.4, -0.2) is 57.9 Å². The van der Waals surface area contributed by atoms with E-state index in [0.717, 1.165) is 18.4 Å². The zero-order chi connectivity index (χ0) is 31.5. The van der Waals surface area contributed by atoms with Crippen LogP contribution in [0.2, 0.25) is 0 Å². The van der Waals surface area contributed by atoms with Gasteiger partial charge < -0.3 is 20.5 Å². The Labute approximate surface area is 258 Å². The summed E-state index contributed by atoms with van der Waals surface area (Å²) in [6, 6.07) is 18.0. The summed E-state index contributed by atoms with van der Waals surface area (Å²) in [6.45, 7) is 3.27. The van der Waals surface area contributed by atoms with Crippen molar-refractivity contribution in [3.05, 3.63) is 95.6 Å². The van der Waals surface area contributed by atoms with E-state index in [9.17, 15) is 22.7 Å². The predicted octanol–water partition coefficient (Wildman–Crippen LogP) is 4.75. The molecule has 4 rings (SSSR count). The molecular formula is C33H41F2N3O5S. The Hall–Kier alpha value is -3.22. The number of ether oxygens (including phenoxy) is 1. The van der Waals surface area contributed by atoms with Crippen molar-refractivity contribution < 1.29 is 31.8 Å². The van der Waals surface area contributed by atoms with Gasteiger partial charge in [-0.2, -0.15) is 0 Å². The Morgan fingerprint density at radius 2 is 1.68 bits per heavy atom. The number of halogens is 2. The number of amides is 1. The van der Waals surface area contributed by atoms with Crippen LogP contribution in [0, 0.1) is 17.6 Å². The van der Waals surface area contributed by atoms with Gasteiger partial charge in [-0.25, -0.2) is 21.9 Å². The highest BCUT2D eigenvalue weighted by molar-refractivity contribution is 7.89. The topological polar surface area (TPSA) is 117 Å². The lowest BCUT2D eigenvalue weighted by molar-refractivity contribution is -0.117. The molecule has 238 valence electrons. The maximum atomic E-state index is 15.2. The standard InChI is InChI=1S/C33H41F2N3O5S/c1-23(39)21-36-22-27(38-44(41,42)28-6-3-2-4-7-28)14-15-29-31(35)8-5-9-32(29)37-33(40)20-30(25-16-18-43-19-17-25)24-10-12-26(34)13-11-24/h2-13,23,25,27,30,36,38-39H,14-22H2,1H3,(H,37,40)/t23?,27-,30?/m0/s1. The molecule has 0 saturated carbocycles. The molecule has 0 aliphatic carbocycles. The molecule has 11 heteroatoms. The number of benzene rings is 3. The molecular weight excluding hydrogens is 588 g/mol. The average Bonchev–Trinajstić information content (AvgIpc) is 3.00.